The lowest BCUT2D eigenvalue weighted by Crippen LogP contribution is -2.41. The van der Waals surface area contributed by atoms with E-state index in [1.807, 2.05) is 12.1 Å². The highest BCUT2D eigenvalue weighted by Crippen LogP contribution is 2.36. The number of aliphatic imine (C=N–C) groups is 1. The van der Waals surface area contributed by atoms with Crippen molar-refractivity contribution in [3.05, 3.63) is 83.3 Å². The van der Waals surface area contributed by atoms with E-state index in [1.54, 1.807) is 12.1 Å². The Balaban J connectivity index is 1.53. The van der Waals surface area contributed by atoms with E-state index >= 15 is 0 Å². The molecular weight excluding hydrogens is 444 g/mol. The molecule has 1 fully saturated rings. The van der Waals surface area contributed by atoms with Gasteiger partial charge in [-0.1, -0.05) is 70.2 Å². The predicted octanol–water partition coefficient (Wildman–Crippen LogP) is 5.60. The number of phenolic OH excluding ortho intramolecular Hbond substituents is 1. The smallest absolute Gasteiger partial charge is 0.127 e. The number of aromatic hydroxyl groups is 1. The van der Waals surface area contributed by atoms with Crippen LogP contribution in [0.25, 0.3) is 6.08 Å². The molecule has 0 amide bonds. The van der Waals surface area contributed by atoms with Crippen molar-refractivity contribution in [2.45, 2.75) is 52.6 Å². The summed E-state index contributed by atoms with van der Waals surface area (Å²) in [5.74, 6) is 3.88. The molecule has 0 saturated carbocycles. The zero-order chi connectivity index (χ0) is 25.2. The summed E-state index contributed by atoms with van der Waals surface area (Å²) >= 11 is 0. The normalized spacial score (nSPS) is 22.7. The molecule has 2 atom stereocenters. The molecule has 2 unspecified atom stereocenters. The monoisotopic (exact) mass is 484 g/mol. The zero-order valence-corrected chi connectivity index (χ0v) is 22.1. The quantitative estimate of drug-likeness (QED) is 0.555. The third-order valence-corrected chi connectivity index (χ3v) is 7.70. The molecule has 2 aromatic carbocycles. The fourth-order valence-electron chi connectivity index (χ4n) is 5.81. The highest BCUT2D eigenvalue weighted by molar-refractivity contribution is 5.96. The number of hydrogen-bond acceptors (Lipinski definition) is 5. The first-order valence-electron chi connectivity index (χ1n) is 13.5. The van der Waals surface area contributed by atoms with Crippen LogP contribution in [0.5, 0.6) is 5.75 Å². The Labute approximate surface area is 216 Å². The molecule has 0 bridgehead atoms. The van der Waals surface area contributed by atoms with Gasteiger partial charge in [0.25, 0.3) is 0 Å². The highest BCUT2D eigenvalue weighted by atomic mass is 16.3. The van der Waals surface area contributed by atoms with Crippen molar-refractivity contribution >= 4 is 11.9 Å². The summed E-state index contributed by atoms with van der Waals surface area (Å²) in [6.45, 7) is 13.0. The van der Waals surface area contributed by atoms with Gasteiger partial charge in [-0.25, -0.2) is 0 Å². The predicted molar refractivity (Wildman–Crippen MR) is 149 cm³/mol. The number of amidine groups is 1. The van der Waals surface area contributed by atoms with Crippen LogP contribution < -0.4 is 0 Å². The van der Waals surface area contributed by atoms with Crippen molar-refractivity contribution in [2.24, 2.45) is 16.8 Å². The van der Waals surface area contributed by atoms with Crippen LogP contribution in [0.4, 0.5) is 0 Å². The molecule has 3 aliphatic rings. The fourth-order valence-corrected chi connectivity index (χ4v) is 5.81. The van der Waals surface area contributed by atoms with Gasteiger partial charge in [0.05, 0.1) is 19.1 Å². The number of rotatable bonds is 7. The SMILES string of the molecule is CC(C)CC1CN2C(=CC3=NCC(C(C)C)N3C/C2=C\c2ccc(O)cc2)N1CCc1ccccc1. The second kappa shape index (κ2) is 10.4. The summed E-state index contributed by atoms with van der Waals surface area (Å²) in [6, 6.07) is 19.3. The van der Waals surface area contributed by atoms with Crippen LogP contribution in [-0.2, 0) is 6.42 Å². The molecule has 5 nitrogen and oxygen atoms in total. The minimum Gasteiger partial charge on any atom is -0.508 e. The molecular formula is C31H40N4O. The maximum absolute atomic E-state index is 9.81. The van der Waals surface area contributed by atoms with Crippen LogP contribution in [-0.4, -0.2) is 63.9 Å². The molecule has 2 aromatic rings. The Kier molecular flexibility index (Phi) is 7.08. The molecule has 0 aliphatic carbocycles. The minimum absolute atomic E-state index is 0.303. The van der Waals surface area contributed by atoms with Crippen LogP contribution in [0.1, 0.15) is 45.2 Å². The van der Waals surface area contributed by atoms with Crippen molar-refractivity contribution in [3.8, 4) is 5.75 Å². The second-order valence-corrected chi connectivity index (χ2v) is 11.2. The molecule has 1 saturated heterocycles. The van der Waals surface area contributed by atoms with E-state index in [1.165, 1.54) is 23.5 Å². The maximum atomic E-state index is 9.81. The van der Waals surface area contributed by atoms with Gasteiger partial charge in [-0.2, -0.15) is 0 Å². The second-order valence-electron chi connectivity index (χ2n) is 11.2. The van der Waals surface area contributed by atoms with Crippen LogP contribution in [0.3, 0.4) is 0 Å². The molecule has 0 aromatic heterocycles. The summed E-state index contributed by atoms with van der Waals surface area (Å²) in [7, 11) is 0. The van der Waals surface area contributed by atoms with Gasteiger partial charge in [0.2, 0.25) is 0 Å². The average Bonchev–Trinajstić information content (AvgIpc) is 3.36. The highest BCUT2D eigenvalue weighted by Gasteiger charge is 2.41. The van der Waals surface area contributed by atoms with E-state index in [4.69, 9.17) is 4.99 Å². The maximum Gasteiger partial charge on any atom is 0.127 e. The van der Waals surface area contributed by atoms with Crippen molar-refractivity contribution in [3.63, 3.8) is 0 Å². The van der Waals surface area contributed by atoms with Gasteiger partial charge in [0, 0.05) is 30.9 Å². The first kappa shape index (κ1) is 24.5. The lowest BCUT2D eigenvalue weighted by atomic mass is 10.0. The van der Waals surface area contributed by atoms with E-state index in [2.05, 4.69) is 84.9 Å². The molecule has 3 heterocycles. The van der Waals surface area contributed by atoms with Gasteiger partial charge in [-0.15, -0.1) is 0 Å². The van der Waals surface area contributed by atoms with Crippen LogP contribution >= 0.6 is 0 Å². The number of benzene rings is 2. The lowest BCUT2D eigenvalue weighted by molar-refractivity contribution is 0.269. The van der Waals surface area contributed by atoms with E-state index < -0.39 is 0 Å². The number of hydrogen-bond donors (Lipinski definition) is 1. The molecule has 3 aliphatic heterocycles. The first-order chi connectivity index (χ1) is 17.4. The summed E-state index contributed by atoms with van der Waals surface area (Å²) in [4.78, 5) is 12.7. The number of nitrogens with zero attached hydrogens (tertiary/aromatic N) is 4. The van der Waals surface area contributed by atoms with Gasteiger partial charge in [0.1, 0.15) is 17.4 Å². The van der Waals surface area contributed by atoms with E-state index in [9.17, 15) is 5.11 Å². The molecule has 0 radical (unpaired) electrons. The molecule has 1 N–H and O–H groups in total. The van der Waals surface area contributed by atoms with Gasteiger partial charge >= 0.3 is 0 Å². The number of phenols is 1. The molecule has 5 heteroatoms. The van der Waals surface area contributed by atoms with E-state index in [0.717, 1.165) is 44.0 Å². The topological polar surface area (TPSA) is 42.3 Å². The first-order valence-corrected chi connectivity index (χ1v) is 13.5. The van der Waals surface area contributed by atoms with Crippen molar-refractivity contribution in [2.75, 3.05) is 26.2 Å². The Bertz CT molecular complexity index is 1130. The zero-order valence-electron chi connectivity index (χ0n) is 22.1. The van der Waals surface area contributed by atoms with Crippen LogP contribution in [0.15, 0.2) is 77.2 Å². The molecule has 190 valence electrons. The van der Waals surface area contributed by atoms with E-state index in [0.29, 0.717) is 29.7 Å². The van der Waals surface area contributed by atoms with Crippen LogP contribution in [0, 0.1) is 11.8 Å². The summed E-state index contributed by atoms with van der Waals surface area (Å²) in [5, 5.41) is 9.81. The van der Waals surface area contributed by atoms with Crippen molar-refractivity contribution < 1.29 is 5.11 Å². The third-order valence-electron chi connectivity index (χ3n) is 7.70. The fraction of sp³-hybridized carbons (Fsp3) is 0.452. The van der Waals surface area contributed by atoms with Gasteiger partial charge < -0.3 is 19.8 Å². The van der Waals surface area contributed by atoms with Crippen molar-refractivity contribution in [1.82, 2.24) is 14.7 Å². The molecule has 0 spiro atoms. The Morgan fingerprint density at radius 1 is 1.03 bits per heavy atom. The largest absolute Gasteiger partial charge is 0.508 e. The average molecular weight is 485 g/mol. The van der Waals surface area contributed by atoms with Gasteiger partial charge in [-0.3, -0.25) is 4.99 Å². The van der Waals surface area contributed by atoms with Gasteiger partial charge in [-0.05, 0) is 54.0 Å². The number of fused-ring (bicyclic) bond motifs is 2. The van der Waals surface area contributed by atoms with Crippen LogP contribution in [0.2, 0.25) is 0 Å². The van der Waals surface area contributed by atoms with Crippen molar-refractivity contribution in [1.29, 1.82) is 0 Å². The Morgan fingerprint density at radius 2 is 1.78 bits per heavy atom. The summed E-state index contributed by atoms with van der Waals surface area (Å²) in [5.41, 5.74) is 3.81. The minimum atomic E-state index is 0.303. The lowest BCUT2D eigenvalue weighted by Gasteiger charge is -2.31. The van der Waals surface area contributed by atoms with E-state index in [-0.39, 0.29) is 0 Å². The summed E-state index contributed by atoms with van der Waals surface area (Å²) in [6.07, 6.45) is 6.85. The summed E-state index contributed by atoms with van der Waals surface area (Å²) < 4.78 is 0. The molecule has 5 rings (SSSR count). The third kappa shape index (κ3) is 5.16. The Hall–Kier alpha value is -3.21. The Morgan fingerprint density at radius 3 is 2.47 bits per heavy atom. The van der Waals surface area contributed by atoms with Gasteiger partial charge in [0.15, 0.2) is 0 Å². The standard InChI is InChI=1S/C31H40N4O/c1-22(2)16-26-20-34-27(17-25-10-12-28(36)13-11-25)21-35-29(23(3)4)19-32-30(35)18-31(34)33(26)15-14-24-8-6-5-7-9-24/h5-13,17-18,22-23,26,29,36H,14-16,19-21H2,1-4H3/b27-17+. The molecule has 36 heavy (non-hydrogen) atoms.